The van der Waals surface area contributed by atoms with Crippen molar-refractivity contribution < 1.29 is 0 Å². The fourth-order valence-corrected chi connectivity index (χ4v) is 3.43. The molecular formula is C16H20BrNS. The quantitative estimate of drug-likeness (QED) is 0.677. The van der Waals surface area contributed by atoms with Crippen molar-refractivity contribution in [2.75, 3.05) is 0 Å². The lowest BCUT2D eigenvalue weighted by Crippen LogP contribution is -1.99. The van der Waals surface area contributed by atoms with Crippen LogP contribution in [0.1, 0.15) is 44.2 Å². The van der Waals surface area contributed by atoms with Crippen molar-refractivity contribution in [2.24, 2.45) is 5.92 Å². The highest BCUT2D eigenvalue weighted by Crippen LogP contribution is 2.34. The van der Waals surface area contributed by atoms with E-state index in [4.69, 9.17) is 4.98 Å². The van der Waals surface area contributed by atoms with E-state index < -0.39 is 0 Å². The molecule has 0 saturated carbocycles. The Morgan fingerprint density at radius 1 is 1.11 bits per heavy atom. The highest BCUT2D eigenvalue weighted by molar-refractivity contribution is 9.10. The molecule has 0 unspecified atom stereocenters. The first-order valence-electron chi connectivity index (χ1n) is 6.73. The monoisotopic (exact) mass is 337 g/mol. The van der Waals surface area contributed by atoms with Crippen LogP contribution in [0.3, 0.4) is 0 Å². The molecule has 2 rings (SSSR count). The van der Waals surface area contributed by atoms with Crippen LogP contribution in [-0.2, 0) is 6.42 Å². The molecular weight excluding hydrogens is 318 g/mol. The second-order valence-electron chi connectivity index (χ2n) is 5.59. The minimum absolute atomic E-state index is 0.551. The Balaban J connectivity index is 2.39. The third-order valence-electron chi connectivity index (χ3n) is 2.94. The zero-order valence-electron chi connectivity index (χ0n) is 11.9. The third kappa shape index (κ3) is 3.67. The summed E-state index contributed by atoms with van der Waals surface area (Å²) in [6.07, 6.45) is 1.07. The molecule has 0 fully saturated rings. The van der Waals surface area contributed by atoms with Crippen LogP contribution < -0.4 is 0 Å². The third-order valence-corrected chi connectivity index (χ3v) is 4.92. The predicted octanol–water partition coefficient (Wildman–Crippen LogP) is 5.89. The first-order chi connectivity index (χ1) is 8.97. The maximum Gasteiger partial charge on any atom is 0.123 e. The van der Waals surface area contributed by atoms with Gasteiger partial charge < -0.3 is 0 Å². The highest BCUT2D eigenvalue weighted by atomic mass is 79.9. The normalized spacial score (nSPS) is 11.5. The van der Waals surface area contributed by atoms with E-state index in [-0.39, 0.29) is 0 Å². The molecule has 0 spiro atoms. The summed E-state index contributed by atoms with van der Waals surface area (Å²) in [4.78, 5) is 6.31. The fraction of sp³-hybridized carbons (Fsp3) is 0.438. The van der Waals surface area contributed by atoms with E-state index in [2.05, 4.69) is 67.9 Å². The van der Waals surface area contributed by atoms with Crippen LogP contribution in [0.2, 0.25) is 0 Å². The van der Waals surface area contributed by atoms with E-state index in [1.165, 1.54) is 16.1 Å². The van der Waals surface area contributed by atoms with E-state index in [0.29, 0.717) is 11.8 Å². The molecule has 0 aliphatic heterocycles. The van der Waals surface area contributed by atoms with Gasteiger partial charge in [0.1, 0.15) is 5.01 Å². The fourth-order valence-electron chi connectivity index (χ4n) is 2.06. The Labute approximate surface area is 128 Å². The average molecular weight is 338 g/mol. The smallest absolute Gasteiger partial charge is 0.123 e. The Morgan fingerprint density at radius 2 is 1.74 bits per heavy atom. The van der Waals surface area contributed by atoms with Gasteiger partial charge in [0.25, 0.3) is 0 Å². The Hall–Kier alpha value is -0.670. The summed E-state index contributed by atoms with van der Waals surface area (Å²) >= 11 is 5.32. The molecule has 0 bridgehead atoms. The first kappa shape index (κ1) is 14.7. The molecule has 1 heterocycles. The predicted molar refractivity (Wildman–Crippen MR) is 87.9 cm³/mol. The summed E-state index contributed by atoms with van der Waals surface area (Å²) in [5.74, 6) is 1.20. The highest BCUT2D eigenvalue weighted by Gasteiger charge is 2.16. The molecule has 0 saturated heterocycles. The van der Waals surface area contributed by atoms with Crippen LogP contribution in [0.5, 0.6) is 0 Å². The van der Waals surface area contributed by atoms with Gasteiger partial charge in [0.05, 0.1) is 5.69 Å². The van der Waals surface area contributed by atoms with Gasteiger partial charge in [-0.1, -0.05) is 55.8 Å². The molecule has 1 nitrogen and oxygen atoms in total. The van der Waals surface area contributed by atoms with E-state index >= 15 is 0 Å². The molecule has 0 N–H and O–H groups in total. The molecule has 0 atom stereocenters. The SMILES string of the molecule is CC(C)Cc1nc(-c2ccc(Br)cc2)sc1C(C)C. The lowest BCUT2D eigenvalue weighted by Gasteiger charge is -2.06. The number of hydrogen-bond acceptors (Lipinski definition) is 2. The van der Waals surface area contributed by atoms with Crippen molar-refractivity contribution in [3.63, 3.8) is 0 Å². The second kappa shape index (κ2) is 6.19. The number of thiazole rings is 1. The van der Waals surface area contributed by atoms with Gasteiger partial charge in [-0.15, -0.1) is 11.3 Å². The van der Waals surface area contributed by atoms with Crippen molar-refractivity contribution in [1.82, 2.24) is 4.98 Å². The van der Waals surface area contributed by atoms with E-state index in [1.54, 1.807) is 0 Å². The maximum absolute atomic E-state index is 4.87. The van der Waals surface area contributed by atoms with Gasteiger partial charge in [0.15, 0.2) is 0 Å². The zero-order valence-corrected chi connectivity index (χ0v) is 14.3. The number of benzene rings is 1. The summed E-state index contributed by atoms with van der Waals surface area (Å²) in [6, 6.07) is 8.42. The Kier molecular flexibility index (Phi) is 4.80. The molecule has 19 heavy (non-hydrogen) atoms. The van der Waals surface area contributed by atoms with Crippen LogP contribution in [0.4, 0.5) is 0 Å². The number of hydrogen-bond donors (Lipinski definition) is 0. The topological polar surface area (TPSA) is 12.9 Å². The van der Waals surface area contributed by atoms with Gasteiger partial charge in [-0.05, 0) is 30.4 Å². The van der Waals surface area contributed by atoms with Crippen LogP contribution in [0.15, 0.2) is 28.7 Å². The van der Waals surface area contributed by atoms with Gasteiger partial charge in [0.2, 0.25) is 0 Å². The number of nitrogens with zero attached hydrogens (tertiary/aromatic N) is 1. The number of rotatable bonds is 4. The summed E-state index contributed by atoms with van der Waals surface area (Å²) in [5, 5.41) is 1.15. The van der Waals surface area contributed by atoms with Crippen LogP contribution in [-0.4, -0.2) is 4.98 Å². The van der Waals surface area contributed by atoms with Gasteiger partial charge in [0, 0.05) is 14.9 Å². The molecule has 0 aliphatic rings. The molecule has 3 heteroatoms. The van der Waals surface area contributed by atoms with Crippen molar-refractivity contribution in [2.45, 2.75) is 40.0 Å². The second-order valence-corrected chi connectivity index (χ2v) is 7.54. The number of halogens is 1. The summed E-state index contributed by atoms with van der Waals surface area (Å²) < 4.78 is 1.11. The molecule has 102 valence electrons. The minimum Gasteiger partial charge on any atom is -0.241 e. The van der Waals surface area contributed by atoms with Crippen LogP contribution in [0.25, 0.3) is 10.6 Å². The molecule has 2 aromatic rings. The van der Waals surface area contributed by atoms with Gasteiger partial charge >= 0.3 is 0 Å². The maximum atomic E-state index is 4.87. The zero-order chi connectivity index (χ0) is 14.0. The van der Waals surface area contributed by atoms with Crippen molar-refractivity contribution >= 4 is 27.3 Å². The average Bonchev–Trinajstić information content (AvgIpc) is 2.73. The molecule has 0 aliphatic carbocycles. The van der Waals surface area contributed by atoms with Gasteiger partial charge in [-0.2, -0.15) is 0 Å². The van der Waals surface area contributed by atoms with Crippen molar-refractivity contribution in [3.05, 3.63) is 39.3 Å². The Morgan fingerprint density at radius 3 is 2.26 bits per heavy atom. The van der Waals surface area contributed by atoms with Crippen LogP contribution >= 0.6 is 27.3 Å². The van der Waals surface area contributed by atoms with Gasteiger partial charge in [-0.25, -0.2) is 4.98 Å². The van der Waals surface area contributed by atoms with Crippen LogP contribution in [0, 0.1) is 5.92 Å². The van der Waals surface area contributed by atoms with E-state index in [1.807, 2.05) is 11.3 Å². The standard InChI is InChI=1S/C16H20BrNS/c1-10(2)9-14-15(11(3)4)19-16(18-14)12-5-7-13(17)8-6-12/h5-8,10-11H,9H2,1-4H3. The number of aromatic nitrogens is 1. The lowest BCUT2D eigenvalue weighted by molar-refractivity contribution is 0.630. The van der Waals surface area contributed by atoms with E-state index in [9.17, 15) is 0 Å². The summed E-state index contributed by atoms with van der Waals surface area (Å²) in [7, 11) is 0. The van der Waals surface area contributed by atoms with Crippen molar-refractivity contribution in [1.29, 1.82) is 0 Å². The minimum atomic E-state index is 0.551. The lowest BCUT2D eigenvalue weighted by atomic mass is 10.0. The Bertz CT molecular complexity index is 540. The summed E-state index contributed by atoms with van der Waals surface area (Å²) in [5.41, 5.74) is 2.50. The van der Waals surface area contributed by atoms with E-state index in [0.717, 1.165) is 15.9 Å². The largest absolute Gasteiger partial charge is 0.241 e. The molecule has 0 amide bonds. The molecule has 1 aromatic carbocycles. The van der Waals surface area contributed by atoms with Crippen molar-refractivity contribution in [3.8, 4) is 10.6 Å². The summed E-state index contributed by atoms with van der Waals surface area (Å²) in [6.45, 7) is 9.01. The molecule has 1 aromatic heterocycles. The van der Waals surface area contributed by atoms with Gasteiger partial charge in [-0.3, -0.25) is 0 Å². The first-order valence-corrected chi connectivity index (χ1v) is 8.34. The molecule has 0 radical (unpaired) electrons.